The number of aryl methyl sites for hydroxylation is 1. The summed E-state index contributed by atoms with van der Waals surface area (Å²) in [5.41, 5.74) is 2.90. The minimum absolute atomic E-state index is 0.281. The SMILES string of the molecule is CCC(CC)N(CCOC)Cc1cc(C)c(C(=O)NN)o1. The number of nitrogen functional groups attached to an aromatic ring is 1. The number of nitrogens with one attached hydrogen (secondary N) is 1. The summed E-state index contributed by atoms with van der Waals surface area (Å²) in [5.74, 6) is 5.81. The normalized spacial score (nSPS) is 11.4. The molecule has 0 spiro atoms. The Bertz CT molecular complexity index is 441. The Morgan fingerprint density at radius 1 is 1.48 bits per heavy atom. The lowest BCUT2D eigenvalue weighted by atomic mass is 10.1. The number of amides is 1. The van der Waals surface area contributed by atoms with E-state index in [-0.39, 0.29) is 5.76 Å². The zero-order valence-corrected chi connectivity index (χ0v) is 13.4. The second-order valence-corrected chi connectivity index (χ2v) is 5.13. The standard InChI is InChI=1S/C15H27N3O3/c1-5-12(6-2)18(7-8-20-4)10-13-9-11(3)14(21-13)15(19)17-16/h9,12H,5-8,10,16H2,1-4H3,(H,17,19). The Morgan fingerprint density at radius 3 is 2.67 bits per heavy atom. The maximum absolute atomic E-state index is 11.6. The molecular weight excluding hydrogens is 270 g/mol. The summed E-state index contributed by atoms with van der Waals surface area (Å²) >= 11 is 0. The van der Waals surface area contributed by atoms with Gasteiger partial charge in [0.25, 0.3) is 0 Å². The van der Waals surface area contributed by atoms with Gasteiger partial charge in [0.2, 0.25) is 0 Å². The summed E-state index contributed by atoms with van der Waals surface area (Å²) < 4.78 is 10.8. The van der Waals surface area contributed by atoms with Crippen molar-refractivity contribution < 1.29 is 13.9 Å². The van der Waals surface area contributed by atoms with E-state index in [1.165, 1.54) is 0 Å². The number of furan rings is 1. The first-order valence-corrected chi connectivity index (χ1v) is 7.40. The summed E-state index contributed by atoms with van der Waals surface area (Å²) in [6.45, 7) is 8.36. The molecule has 0 aliphatic rings. The van der Waals surface area contributed by atoms with Gasteiger partial charge in [-0.3, -0.25) is 15.1 Å². The molecule has 0 fully saturated rings. The molecule has 1 heterocycles. The van der Waals surface area contributed by atoms with Crippen LogP contribution in [0.1, 0.15) is 48.6 Å². The first kappa shape index (κ1) is 17.7. The van der Waals surface area contributed by atoms with Crippen molar-refractivity contribution in [3.8, 4) is 0 Å². The molecule has 1 aromatic heterocycles. The number of methoxy groups -OCH3 is 1. The largest absolute Gasteiger partial charge is 0.454 e. The predicted octanol–water partition coefficient (Wildman–Crippen LogP) is 1.83. The number of rotatable bonds is 9. The highest BCUT2D eigenvalue weighted by Gasteiger charge is 2.20. The van der Waals surface area contributed by atoms with Crippen LogP contribution in [-0.4, -0.2) is 37.1 Å². The van der Waals surface area contributed by atoms with Gasteiger partial charge in [-0.25, -0.2) is 5.84 Å². The third-order valence-electron chi connectivity index (χ3n) is 3.71. The zero-order valence-electron chi connectivity index (χ0n) is 13.4. The average molecular weight is 297 g/mol. The van der Waals surface area contributed by atoms with Gasteiger partial charge in [0.15, 0.2) is 5.76 Å². The average Bonchev–Trinajstić information content (AvgIpc) is 2.85. The third kappa shape index (κ3) is 4.84. The Labute approximate surface area is 126 Å². The molecule has 0 saturated heterocycles. The van der Waals surface area contributed by atoms with Gasteiger partial charge in [-0.05, 0) is 25.8 Å². The van der Waals surface area contributed by atoms with Crippen molar-refractivity contribution in [3.05, 3.63) is 23.2 Å². The van der Waals surface area contributed by atoms with Crippen LogP contribution in [0.4, 0.5) is 0 Å². The van der Waals surface area contributed by atoms with E-state index in [0.29, 0.717) is 19.2 Å². The molecule has 120 valence electrons. The van der Waals surface area contributed by atoms with Crippen molar-refractivity contribution in [2.45, 2.75) is 46.2 Å². The van der Waals surface area contributed by atoms with E-state index in [4.69, 9.17) is 15.0 Å². The lowest BCUT2D eigenvalue weighted by Gasteiger charge is -2.29. The number of hydrogen-bond acceptors (Lipinski definition) is 5. The van der Waals surface area contributed by atoms with Crippen LogP contribution in [-0.2, 0) is 11.3 Å². The molecule has 0 aromatic carbocycles. The van der Waals surface area contributed by atoms with Gasteiger partial charge in [-0.1, -0.05) is 13.8 Å². The van der Waals surface area contributed by atoms with Gasteiger partial charge in [-0.15, -0.1) is 0 Å². The fourth-order valence-electron chi connectivity index (χ4n) is 2.52. The maximum Gasteiger partial charge on any atom is 0.301 e. The van der Waals surface area contributed by atoms with Crippen molar-refractivity contribution in [1.29, 1.82) is 0 Å². The Morgan fingerprint density at radius 2 is 2.14 bits per heavy atom. The molecule has 21 heavy (non-hydrogen) atoms. The van der Waals surface area contributed by atoms with Gasteiger partial charge in [0.05, 0.1) is 13.2 Å². The van der Waals surface area contributed by atoms with Gasteiger partial charge >= 0.3 is 5.91 Å². The second kappa shape index (κ2) is 8.81. The van der Waals surface area contributed by atoms with Crippen molar-refractivity contribution in [3.63, 3.8) is 0 Å². The molecule has 1 amide bonds. The topological polar surface area (TPSA) is 80.7 Å². The Balaban J connectivity index is 2.85. The van der Waals surface area contributed by atoms with Crippen LogP contribution in [0, 0.1) is 6.92 Å². The van der Waals surface area contributed by atoms with Crippen LogP contribution in [0.15, 0.2) is 10.5 Å². The van der Waals surface area contributed by atoms with E-state index in [9.17, 15) is 4.79 Å². The van der Waals surface area contributed by atoms with Crippen LogP contribution < -0.4 is 11.3 Å². The van der Waals surface area contributed by atoms with Crippen molar-refractivity contribution in [2.75, 3.05) is 20.3 Å². The number of carbonyl (C=O) groups is 1. The van der Waals surface area contributed by atoms with Crippen molar-refractivity contribution >= 4 is 5.91 Å². The summed E-state index contributed by atoms with van der Waals surface area (Å²) in [7, 11) is 1.70. The first-order valence-electron chi connectivity index (χ1n) is 7.40. The molecule has 3 N–H and O–H groups in total. The van der Waals surface area contributed by atoms with Gasteiger partial charge < -0.3 is 9.15 Å². The van der Waals surface area contributed by atoms with Crippen molar-refractivity contribution in [1.82, 2.24) is 10.3 Å². The molecule has 0 radical (unpaired) electrons. The highest BCUT2D eigenvalue weighted by molar-refractivity contribution is 5.92. The van der Waals surface area contributed by atoms with Crippen LogP contribution in [0.25, 0.3) is 0 Å². The molecule has 0 saturated carbocycles. The Kier molecular flexibility index (Phi) is 7.42. The number of ether oxygens (including phenoxy) is 1. The highest BCUT2D eigenvalue weighted by Crippen LogP contribution is 2.19. The first-order chi connectivity index (χ1) is 10.1. The van der Waals surface area contributed by atoms with E-state index in [2.05, 4.69) is 24.2 Å². The molecule has 0 bridgehead atoms. The van der Waals surface area contributed by atoms with Gasteiger partial charge in [0, 0.05) is 25.3 Å². The number of nitrogens with two attached hydrogens (primary N) is 1. The molecular formula is C15H27N3O3. The minimum atomic E-state index is -0.398. The monoisotopic (exact) mass is 297 g/mol. The zero-order chi connectivity index (χ0) is 15.8. The quantitative estimate of drug-likeness (QED) is 0.413. The summed E-state index contributed by atoms with van der Waals surface area (Å²) in [4.78, 5) is 13.9. The smallest absolute Gasteiger partial charge is 0.301 e. The third-order valence-corrected chi connectivity index (χ3v) is 3.71. The van der Waals surface area contributed by atoms with Crippen LogP contribution in [0.3, 0.4) is 0 Å². The number of hydrogen-bond donors (Lipinski definition) is 2. The second-order valence-electron chi connectivity index (χ2n) is 5.13. The number of nitrogens with zero attached hydrogens (tertiary/aromatic N) is 1. The molecule has 0 aliphatic carbocycles. The molecule has 1 aromatic rings. The van der Waals surface area contributed by atoms with Crippen molar-refractivity contribution in [2.24, 2.45) is 5.84 Å². The van der Waals surface area contributed by atoms with Crippen LogP contribution >= 0.6 is 0 Å². The summed E-state index contributed by atoms with van der Waals surface area (Å²) in [5, 5.41) is 0. The van der Waals surface area contributed by atoms with E-state index in [0.717, 1.165) is 30.7 Å². The molecule has 0 unspecified atom stereocenters. The lowest BCUT2D eigenvalue weighted by Crippen LogP contribution is -2.36. The van der Waals surface area contributed by atoms with E-state index < -0.39 is 5.91 Å². The van der Waals surface area contributed by atoms with E-state index >= 15 is 0 Å². The highest BCUT2D eigenvalue weighted by atomic mass is 16.5. The van der Waals surface area contributed by atoms with E-state index in [1.54, 1.807) is 7.11 Å². The molecule has 0 atom stereocenters. The molecule has 6 heteroatoms. The Hall–Kier alpha value is -1.37. The lowest BCUT2D eigenvalue weighted by molar-refractivity contribution is 0.0905. The fourth-order valence-corrected chi connectivity index (χ4v) is 2.52. The minimum Gasteiger partial charge on any atom is -0.454 e. The van der Waals surface area contributed by atoms with Crippen LogP contribution in [0.5, 0.6) is 0 Å². The molecule has 0 aliphatic heterocycles. The van der Waals surface area contributed by atoms with E-state index in [1.807, 2.05) is 13.0 Å². The number of hydrazine groups is 1. The molecule has 6 nitrogen and oxygen atoms in total. The fraction of sp³-hybridized carbons (Fsp3) is 0.667. The van der Waals surface area contributed by atoms with Gasteiger partial charge in [0.1, 0.15) is 5.76 Å². The van der Waals surface area contributed by atoms with Gasteiger partial charge in [-0.2, -0.15) is 0 Å². The summed E-state index contributed by atoms with van der Waals surface area (Å²) in [6, 6.07) is 2.37. The predicted molar refractivity (Wildman–Crippen MR) is 81.8 cm³/mol. The maximum atomic E-state index is 11.6. The summed E-state index contributed by atoms with van der Waals surface area (Å²) in [6.07, 6.45) is 2.13. The van der Waals surface area contributed by atoms with Crippen LogP contribution in [0.2, 0.25) is 0 Å². The molecule has 1 rings (SSSR count). The number of carbonyl (C=O) groups excluding carboxylic acids is 1.